The zero-order valence-electron chi connectivity index (χ0n) is 14.7. The van der Waals surface area contributed by atoms with Crippen LogP contribution in [0, 0.1) is 11.3 Å². The molecule has 1 unspecified atom stereocenters. The van der Waals surface area contributed by atoms with Gasteiger partial charge in [-0.15, -0.1) is 11.3 Å². The monoisotopic (exact) mass is 415 g/mol. The van der Waals surface area contributed by atoms with E-state index in [9.17, 15) is 9.47 Å². The third-order valence-corrected chi connectivity index (χ3v) is 7.27. The summed E-state index contributed by atoms with van der Waals surface area (Å²) in [6.45, 7) is 2.07. The minimum Gasteiger partial charge on any atom is -0.261 e. The lowest BCUT2D eigenvalue weighted by Crippen LogP contribution is -2.02. The van der Waals surface area contributed by atoms with Gasteiger partial charge >= 0.3 is 0 Å². The van der Waals surface area contributed by atoms with Crippen LogP contribution in [0.2, 0.25) is 0 Å². The van der Waals surface area contributed by atoms with Crippen LogP contribution >= 0.6 is 23.1 Å². The van der Waals surface area contributed by atoms with Crippen molar-refractivity contribution in [3.8, 4) is 28.0 Å². The third-order valence-electron chi connectivity index (χ3n) is 3.64. The second-order valence-electron chi connectivity index (χ2n) is 5.53. The Morgan fingerprint density at radius 1 is 1.26 bits per heavy atom. The minimum atomic E-state index is -0.953. The van der Waals surface area contributed by atoms with E-state index in [0.29, 0.717) is 38.4 Å². The molecule has 0 saturated carbocycles. The van der Waals surface area contributed by atoms with E-state index in [4.69, 9.17) is 0 Å². The molecular weight excluding hydrogens is 398 g/mol. The molecule has 3 aromatic rings. The van der Waals surface area contributed by atoms with Gasteiger partial charge in [0.05, 0.1) is 22.5 Å². The number of nitriles is 1. The Morgan fingerprint density at radius 2 is 2.15 bits per heavy atom. The fourth-order valence-corrected chi connectivity index (χ4v) is 5.43. The lowest BCUT2D eigenvalue weighted by Gasteiger charge is -2.10. The van der Waals surface area contributed by atoms with Crippen LogP contribution in [0.3, 0.4) is 0 Å². The number of hydrogen-bond donors (Lipinski definition) is 0. The smallest absolute Gasteiger partial charge is 0.141 e. The standard InChI is InChI=1S/C18H17N5OS3/c1-2-3-8-27(24)12-26-17-14(10-19)13(16-11-20-4-5-21-16)9-15(23-17)18-22-6-7-25-18/h4-7,9,11H,2-3,8,12H2,1H3. The van der Waals surface area contributed by atoms with Gasteiger partial charge in [0.25, 0.3) is 0 Å². The first-order chi connectivity index (χ1) is 13.2. The molecule has 0 saturated heterocycles. The molecule has 138 valence electrons. The summed E-state index contributed by atoms with van der Waals surface area (Å²) in [4.78, 5) is 17.4. The second kappa shape index (κ2) is 9.69. The molecule has 0 aliphatic heterocycles. The van der Waals surface area contributed by atoms with E-state index >= 15 is 0 Å². The fraction of sp³-hybridized carbons (Fsp3) is 0.278. The summed E-state index contributed by atoms with van der Waals surface area (Å²) in [7, 11) is -0.953. The number of unbranched alkanes of at least 4 members (excludes halogenated alkanes) is 1. The van der Waals surface area contributed by atoms with E-state index in [1.54, 1.807) is 24.8 Å². The summed E-state index contributed by atoms with van der Waals surface area (Å²) in [5.74, 6) is 0.661. The number of pyridine rings is 1. The average Bonchev–Trinajstić information content (AvgIpc) is 3.25. The van der Waals surface area contributed by atoms with Crippen molar-refractivity contribution in [2.24, 2.45) is 0 Å². The van der Waals surface area contributed by atoms with Crippen molar-refractivity contribution < 1.29 is 4.21 Å². The highest BCUT2D eigenvalue weighted by atomic mass is 32.2. The number of aromatic nitrogens is 4. The Labute approximate surface area is 168 Å². The highest BCUT2D eigenvalue weighted by Gasteiger charge is 2.18. The summed E-state index contributed by atoms with van der Waals surface area (Å²) in [6, 6.07) is 4.05. The van der Waals surface area contributed by atoms with Crippen LogP contribution in [-0.4, -0.2) is 35.0 Å². The van der Waals surface area contributed by atoms with Crippen molar-refractivity contribution >= 4 is 33.9 Å². The maximum atomic E-state index is 12.2. The summed E-state index contributed by atoms with van der Waals surface area (Å²) in [6.07, 6.45) is 8.45. The molecule has 0 aliphatic carbocycles. The Kier molecular flexibility index (Phi) is 7.04. The first kappa shape index (κ1) is 19.6. The van der Waals surface area contributed by atoms with Gasteiger partial charge in [-0.05, 0) is 12.5 Å². The maximum absolute atomic E-state index is 12.2. The number of rotatable bonds is 8. The van der Waals surface area contributed by atoms with Crippen LogP contribution in [0.1, 0.15) is 25.3 Å². The van der Waals surface area contributed by atoms with Crippen LogP contribution in [0.15, 0.2) is 41.3 Å². The minimum absolute atomic E-state index is 0.406. The van der Waals surface area contributed by atoms with Crippen molar-refractivity contribution in [2.75, 3.05) is 10.8 Å². The molecule has 0 radical (unpaired) electrons. The molecule has 0 fully saturated rings. The summed E-state index contributed by atoms with van der Waals surface area (Å²) < 4.78 is 12.2. The fourth-order valence-electron chi connectivity index (χ4n) is 2.32. The number of nitrogens with zero attached hydrogens (tertiary/aromatic N) is 5. The number of hydrogen-bond acceptors (Lipinski definition) is 8. The van der Waals surface area contributed by atoms with Crippen LogP contribution in [0.4, 0.5) is 0 Å². The summed E-state index contributed by atoms with van der Waals surface area (Å²) >= 11 is 2.82. The Bertz CT molecular complexity index is 955. The van der Waals surface area contributed by atoms with Gasteiger partial charge in [-0.1, -0.05) is 25.1 Å². The molecule has 6 nitrogen and oxygen atoms in total. The van der Waals surface area contributed by atoms with Crippen LogP contribution in [0.5, 0.6) is 0 Å². The van der Waals surface area contributed by atoms with Crippen molar-refractivity contribution in [2.45, 2.75) is 24.8 Å². The van der Waals surface area contributed by atoms with E-state index in [1.807, 2.05) is 11.4 Å². The van der Waals surface area contributed by atoms with E-state index in [0.717, 1.165) is 17.8 Å². The first-order valence-electron chi connectivity index (χ1n) is 8.32. The van der Waals surface area contributed by atoms with Gasteiger partial charge in [0.1, 0.15) is 21.8 Å². The molecule has 27 heavy (non-hydrogen) atoms. The predicted octanol–water partition coefficient (Wildman–Crippen LogP) is 4.13. The summed E-state index contributed by atoms with van der Waals surface area (Å²) in [5, 5.41) is 13.3. The SMILES string of the molecule is CCCCS(=O)CSc1nc(-c2nccs2)cc(-c2cnccn2)c1C#N. The van der Waals surface area contributed by atoms with E-state index < -0.39 is 10.8 Å². The van der Waals surface area contributed by atoms with Gasteiger partial charge in [0.15, 0.2) is 0 Å². The molecule has 0 aromatic carbocycles. The second-order valence-corrected chi connectivity index (χ2v) is 9.34. The van der Waals surface area contributed by atoms with Crippen LogP contribution < -0.4 is 0 Å². The van der Waals surface area contributed by atoms with Gasteiger partial charge in [0.2, 0.25) is 0 Å². The summed E-state index contributed by atoms with van der Waals surface area (Å²) in [5.41, 5.74) is 2.36. The van der Waals surface area contributed by atoms with Crippen molar-refractivity contribution in [3.63, 3.8) is 0 Å². The predicted molar refractivity (Wildman–Crippen MR) is 110 cm³/mol. The molecule has 3 heterocycles. The van der Waals surface area contributed by atoms with E-state index in [1.165, 1.54) is 23.1 Å². The highest BCUT2D eigenvalue weighted by Crippen LogP contribution is 2.33. The van der Waals surface area contributed by atoms with Gasteiger partial charge < -0.3 is 0 Å². The lowest BCUT2D eigenvalue weighted by atomic mass is 10.1. The highest BCUT2D eigenvalue weighted by molar-refractivity contribution is 8.10. The van der Waals surface area contributed by atoms with Crippen molar-refractivity contribution in [3.05, 3.63) is 41.8 Å². The average molecular weight is 416 g/mol. The van der Waals surface area contributed by atoms with Gasteiger partial charge in [-0.3, -0.25) is 14.2 Å². The quantitative estimate of drug-likeness (QED) is 0.511. The van der Waals surface area contributed by atoms with Gasteiger partial charge in [-0.25, -0.2) is 9.97 Å². The normalized spacial score (nSPS) is 11.9. The van der Waals surface area contributed by atoms with E-state index in [2.05, 4.69) is 32.9 Å². The zero-order valence-corrected chi connectivity index (χ0v) is 17.1. The topological polar surface area (TPSA) is 92.4 Å². The van der Waals surface area contributed by atoms with E-state index in [-0.39, 0.29) is 0 Å². The Hall–Kier alpha value is -2.15. The number of thioether (sulfide) groups is 1. The van der Waals surface area contributed by atoms with Crippen molar-refractivity contribution in [1.82, 2.24) is 19.9 Å². The molecule has 0 amide bonds. The molecule has 0 N–H and O–H groups in total. The maximum Gasteiger partial charge on any atom is 0.141 e. The molecule has 1 atom stereocenters. The van der Waals surface area contributed by atoms with Gasteiger partial charge in [-0.2, -0.15) is 5.26 Å². The number of thiazole rings is 1. The van der Waals surface area contributed by atoms with Gasteiger partial charge in [0, 0.05) is 46.1 Å². The molecule has 3 aromatic heterocycles. The van der Waals surface area contributed by atoms with Crippen LogP contribution in [0.25, 0.3) is 22.0 Å². The third kappa shape index (κ3) is 4.97. The molecule has 9 heteroatoms. The zero-order chi connectivity index (χ0) is 19.1. The molecule has 3 rings (SSSR count). The molecule has 0 bridgehead atoms. The van der Waals surface area contributed by atoms with Crippen LogP contribution in [-0.2, 0) is 10.8 Å². The first-order valence-corrected chi connectivity index (χ1v) is 11.7. The molecule has 0 aliphatic rings. The molecule has 0 spiro atoms. The lowest BCUT2D eigenvalue weighted by molar-refractivity contribution is 0.682. The largest absolute Gasteiger partial charge is 0.261 e. The Balaban J connectivity index is 2.01. The van der Waals surface area contributed by atoms with Crippen molar-refractivity contribution in [1.29, 1.82) is 5.26 Å². The Morgan fingerprint density at radius 3 is 2.81 bits per heavy atom. The molecular formula is C18H17N5OS3.